The van der Waals surface area contributed by atoms with Crippen molar-refractivity contribution in [2.24, 2.45) is 5.92 Å². The fourth-order valence-corrected chi connectivity index (χ4v) is 1.90. The Hall–Kier alpha value is -0.450. The first kappa shape index (κ1) is 10.1. The first-order chi connectivity index (χ1) is 6.95. The minimum Gasteiger partial charge on any atom is -0.315 e. The second kappa shape index (κ2) is 5.44. The smallest absolute Gasteiger partial charge is 0.0795 e. The first-order valence-electron chi connectivity index (χ1n) is 5.23. The van der Waals surface area contributed by atoms with E-state index in [2.05, 4.69) is 21.0 Å². The zero-order valence-corrected chi connectivity index (χ0v) is 9.15. The third kappa shape index (κ3) is 3.74. The van der Waals surface area contributed by atoms with Gasteiger partial charge in [-0.15, -0.1) is 11.3 Å². The number of hydrogen-bond donors (Lipinski definition) is 2. The van der Waals surface area contributed by atoms with Crippen LogP contribution in [0.3, 0.4) is 0 Å². The number of nitrogens with zero attached hydrogens (tertiary/aromatic N) is 1. The highest BCUT2D eigenvalue weighted by atomic mass is 32.1. The van der Waals surface area contributed by atoms with E-state index in [1.807, 2.05) is 5.51 Å². The molecule has 0 aromatic carbocycles. The van der Waals surface area contributed by atoms with Gasteiger partial charge in [0.25, 0.3) is 0 Å². The molecule has 0 bridgehead atoms. The Bertz CT molecular complexity index is 244. The lowest BCUT2D eigenvalue weighted by molar-refractivity contribution is 0.587. The van der Waals surface area contributed by atoms with Gasteiger partial charge in [0.15, 0.2) is 0 Å². The van der Waals surface area contributed by atoms with Crippen molar-refractivity contribution in [2.75, 3.05) is 19.6 Å². The van der Waals surface area contributed by atoms with Crippen molar-refractivity contribution in [3.8, 4) is 0 Å². The first-order valence-corrected chi connectivity index (χ1v) is 6.18. The van der Waals surface area contributed by atoms with E-state index < -0.39 is 0 Å². The highest BCUT2D eigenvalue weighted by Crippen LogP contribution is 2.27. The molecule has 1 aromatic heterocycles. The highest BCUT2D eigenvalue weighted by molar-refractivity contribution is 7.07. The van der Waals surface area contributed by atoms with Gasteiger partial charge in [0.05, 0.1) is 11.2 Å². The van der Waals surface area contributed by atoms with Crippen LogP contribution in [0.5, 0.6) is 0 Å². The van der Waals surface area contributed by atoms with Crippen LogP contribution < -0.4 is 10.6 Å². The molecule has 78 valence electrons. The van der Waals surface area contributed by atoms with Gasteiger partial charge in [0, 0.05) is 25.0 Å². The minimum atomic E-state index is 0.897. The average Bonchev–Trinajstić information content (AvgIpc) is 2.87. The van der Waals surface area contributed by atoms with E-state index >= 15 is 0 Å². The Morgan fingerprint density at radius 2 is 2.21 bits per heavy atom. The Balaban J connectivity index is 1.43. The van der Waals surface area contributed by atoms with Crippen LogP contribution in [0.15, 0.2) is 10.9 Å². The fraction of sp³-hybridized carbons (Fsp3) is 0.700. The van der Waals surface area contributed by atoms with Crippen LogP contribution in [-0.4, -0.2) is 24.6 Å². The summed E-state index contributed by atoms with van der Waals surface area (Å²) < 4.78 is 0. The van der Waals surface area contributed by atoms with E-state index in [0.29, 0.717) is 0 Å². The van der Waals surface area contributed by atoms with Crippen molar-refractivity contribution in [2.45, 2.75) is 19.4 Å². The summed E-state index contributed by atoms with van der Waals surface area (Å²) in [7, 11) is 0. The van der Waals surface area contributed by atoms with Gasteiger partial charge in [0.1, 0.15) is 0 Å². The molecule has 3 nitrogen and oxygen atoms in total. The average molecular weight is 211 g/mol. The SMILES string of the molecule is c1nc(CNCCNCC2CC2)cs1. The Kier molecular flexibility index (Phi) is 3.91. The van der Waals surface area contributed by atoms with Crippen LogP contribution in [0, 0.1) is 5.92 Å². The Morgan fingerprint density at radius 3 is 2.93 bits per heavy atom. The van der Waals surface area contributed by atoms with E-state index in [9.17, 15) is 0 Å². The molecule has 14 heavy (non-hydrogen) atoms. The predicted molar refractivity (Wildman–Crippen MR) is 59.4 cm³/mol. The molecular weight excluding hydrogens is 194 g/mol. The van der Waals surface area contributed by atoms with Crippen molar-refractivity contribution in [1.82, 2.24) is 15.6 Å². The predicted octanol–water partition coefficient (Wildman–Crippen LogP) is 1.23. The molecule has 0 radical (unpaired) electrons. The summed E-state index contributed by atoms with van der Waals surface area (Å²) in [6.45, 7) is 4.21. The lowest BCUT2D eigenvalue weighted by Crippen LogP contribution is -2.28. The van der Waals surface area contributed by atoms with Crippen molar-refractivity contribution < 1.29 is 0 Å². The summed E-state index contributed by atoms with van der Waals surface area (Å²) in [6.07, 6.45) is 2.86. The zero-order chi connectivity index (χ0) is 9.64. The summed E-state index contributed by atoms with van der Waals surface area (Å²) in [5.41, 5.74) is 3.03. The van der Waals surface area contributed by atoms with Gasteiger partial charge in [-0.25, -0.2) is 4.98 Å². The largest absolute Gasteiger partial charge is 0.315 e. The van der Waals surface area contributed by atoms with Crippen LogP contribution in [0.1, 0.15) is 18.5 Å². The van der Waals surface area contributed by atoms with Gasteiger partial charge in [-0.1, -0.05) is 0 Å². The Morgan fingerprint density at radius 1 is 1.36 bits per heavy atom. The summed E-state index contributed by atoms with van der Waals surface area (Å²) >= 11 is 1.65. The summed E-state index contributed by atoms with van der Waals surface area (Å²) in [6, 6.07) is 0. The number of nitrogens with one attached hydrogen (secondary N) is 2. The second-order valence-corrected chi connectivity index (χ2v) is 4.52. The molecular formula is C10H17N3S. The zero-order valence-electron chi connectivity index (χ0n) is 8.33. The fourth-order valence-electron chi connectivity index (χ4n) is 1.35. The van der Waals surface area contributed by atoms with Gasteiger partial charge in [-0.2, -0.15) is 0 Å². The van der Waals surface area contributed by atoms with Gasteiger partial charge < -0.3 is 10.6 Å². The van der Waals surface area contributed by atoms with Gasteiger partial charge in [0.2, 0.25) is 0 Å². The van der Waals surface area contributed by atoms with E-state index in [0.717, 1.165) is 31.2 Å². The molecule has 0 unspecified atom stereocenters. The molecule has 1 heterocycles. The van der Waals surface area contributed by atoms with Crippen molar-refractivity contribution in [3.05, 3.63) is 16.6 Å². The molecule has 1 saturated carbocycles. The van der Waals surface area contributed by atoms with Crippen LogP contribution in [-0.2, 0) is 6.54 Å². The van der Waals surface area contributed by atoms with Gasteiger partial charge in [-0.3, -0.25) is 0 Å². The molecule has 0 amide bonds. The number of aromatic nitrogens is 1. The van der Waals surface area contributed by atoms with Gasteiger partial charge in [-0.05, 0) is 25.3 Å². The third-order valence-corrected chi connectivity index (χ3v) is 3.03. The summed E-state index contributed by atoms with van der Waals surface area (Å²) in [5.74, 6) is 0.980. The summed E-state index contributed by atoms with van der Waals surface area (Å²) in [5, 5.41) is 8.90. The van der Waals surface area contributed by atoms with E-state index in [-0.39, 0.29) is 0 Å². The lowest BCUT2D eigenvalue weighted by Gasteiger charge is -2.04. The maximum atomic E-state index is 4.21. The van der Waals surface area contributed by atoms with E-state index in [4.69, 9.17) is 0 Å². The molecule has 2 rings (SSSR count). The van der Waals surface area contributed by atoms with Gasteiger partial charge >= 0.3 is 0 Å². The van der Waals surface area contributed by atoms with Crippen molar-refractivity contribution in [1.29, 1.82) is 0 Å². The molecule has 1 aromatic rings. The molecule has 0 spiro atoms. The molecule has 4 heteroatoms. The third-order valence-electron chi connectivity index (χ3n) is 2.40. The van der Waals surface area contributed by atoms with Crippen molar-refractivity contribution in [3.63, 3.8) is 0 Å². The molecule has 0 atom stereocenters. The molecule has 1 fully saturated rings. The molecule has 0 saturated heterocycles. The Labute approximate surface area is 88.9 Å². The lowest BCUT2D eigenvalue weighted by atomic mass is 10.4. The standard InChI is InChI=1S/C10H17N3S/c1-2-9(1)5-11-3-4-12-6-10-7-14-8-13-10/h7-9,11-12H,1-6H2. The summed E-state index contributed by atoms with van der Waals surface area (Å²) in [4.78, 5) is 4.21. The molecule has 0 aliphatic heterocycles. The van der Waals surface area contributed by atoms with E-state index in [1.54, 1.807) is 11.3 Å². The highest BCUT2D eigenvalue weighted by Gasteiger charge is 2.19. The number of thiazole rings is 1. The monoisotopic (exact) mass is 211 g/mol. The topological polar surface area (TPSA) is 37.0 Å². The minimum absolute atomic E-state index is 0.897. The van der Waals surface area contributed by atoms with Crippen molar-refractivity contribution >= 4 is 11.3 Å². The normalized spacial score (nSPS) is 16.0. The maximum Gasteiger partial charge on any atom is 0.0795 e. The number of rotatable bonds is 7. The quantitative estimate of drug-likeness (QED) is 0.666. The van der Waals surface area contributed by atoms with Crippen LogP contribution in [0.2, 0.25) is 0 Å². The molecule has 1 aliphatic rings. The maximum absolute atomic E-state index is 4.21. The van der Waals surface area contributed by atoms with Crippen LogP contribution in [0.25, 0.3) is 0 Å². The van der Waals surface area contributed by atoms with Crippen LogP contribution >= 0.6 is 11.3 Å². The molecule has 1 aliphatic carbocycles. The van der Waals surface area contributed by atoms with E-state index in [1.165, 1.54) is 19.4 Å². The number of hydrogen-bond acceptors (Lipinski definition) is 4. The molecule has 2 N–H and O–H groups in total. The second-order valence-electron chi connectivity index (χ2n) is 3.80. The van der Waals surface area contributed by atoms with Crippen LogP contribution in [0.4, 0.5) is 0 Å².